The van der Waals surface area contributed by atoms with Gasteiger partial charge in [0.15, 0.2) is 0 Å². The topological polar surface area (TPSA) is 48.7 Å². The summed E-state index contributed by atoms with van der Waals surface area (Å²) in [4.78, 5) is 4.38. The number of hydrogen-bond acceptors (Lipinski definition) is 4. The average Bonchev–Trinajstić information content (AvgIpc) is 2.73. The fourth-order valence-corrected chi connectivity index (χ4v) is 2.61. The van der Waals surface area contributed by atoms with Gasteiger partial charge in [-0.2, -0.15) is 5.26 Å². The molecule has 0 fully saturated rings. The molecular formula is C12H10BrN3S. The van der Waals surface area contributed by atoms with E-state index < -0.39 is 0 Å². The molecule has 0 bridgehead atoms. The summed E-state index contributed by atoms with van der Waals surface area (Å²) in [6.07, 6.45) is 0. The van der Waals surface area contributed by atoms with Crippen LogP contribution in [0.4, 0.5) is 5.69 Å². The van der Waals surface area contributed by atoms with Gasteiger partial charge in [0.1, 0.15) is 5.01 Å². The molecule has 0 aliphatic carbocycles. The van der Waals surface area contributed by atoms with Crippen LogP contribution in [0, 0.1) is 18.3 Å². The highest BCUT2D eigenvalue weighted by atomic mass is 79.9. The smallest absolute Gasteiger partial charge is 0.112 e. The highest BCUT2D eigenvalue weighted by Gasteiger charge is 2.03. The van der Waals surface area contributed by atoms with Gasteiger partial charge in [-0.1, -0.05) is 0 Å². The summed E-state index contributed by atoms with van der Waals surface area (Å²) < 4.78 is 0.893. The van der Waals surface area contributed by atoms with Gasteiger partial charge in [0.25, 0.3) is 0 Å². The van der Waals surface area contributed by atoms with E-state index in [9.17, 15) is 0 Å². The van der Waals surface area contributed by atoms with Gasteiger partial charge in [0, 0.05) is 21.2 Å². The Kier molecular flexibility index (Phi) is 3.77. The Balaban J connectivity index is 2.07. The molecule has 2 rings (SSSR count). The normalized spacial score (nSPS) is 9.94. The van der Waals surface area contributed by atoms with Crippen molar-refractivity contribution < 1.29 is 0 Å². The standard InChI is InChI=1S/C12H10BrN3S/c1-8-7-17-12(16-8)6-15-11-3-2-9(5-14)4-10(11)13/h2-4,7,15H,6H2,1H3. The van der Waals surface area contributed by atoms with Crippen molar-refractivity contribution in [2.75, 3.05) is 5.32 Å². The first-order chi connectivity index (χ1) is 8.19. The molecule has 0 aliphatic heterocycles. The molecule has 0 aliphatic rings. The number of aromatic nitrogens is 1. The Bertz CT molecular complexity index is 571. The van der Waals surface area contributed by atoms with Crippen molar-refractivity contribution in [1.82, 2.24) is 4.98 Å². The maximum atomic E-state index is 8.76. The summed E-state index contributed by atoms with van der Waals surface area (Å²) in [5.74, 6) is 0. The van der Waals surface area contributed by atoms with Gasteiger partial charge in [-0.05, 0) is 41.1 Å². The van der Waals surface area contributed by atoms with Crippen LogP contribution in [-0.2, 0) is 6.54 Å². The van der Waals surface area contributed by atoms with Gasteiger partial charge >= 0.3 is 0 Å². The molecule has 5 heteroatoms. The van der Waals surface area contributed by atoms with Gasteiger partial charge in [-0.25, -0.2) is 4.98 Å². The number of nitrogens with one attached hydrogen (secondary N) is 1. The lowest BCUT2D eigenvalue weighted by Gasteiger charge is -2.06. The molecule has 0 unspecified atom stereocenters. The van der Waals surface area contributed by atoms with Crippen molar-refractivity contribution in [3.63, 3.8) is 0 Å². The highest BCUT2D eigenvalue weighted by molar-refractivity contribution is 9.10. The van der Waals surface area contributed by atoms with E-state index in [1.54, 1.807) is 23.5 Å². The lowest BCUT2D eigenvalue weighted by molar-refractivity contribution is 1.07. The van der Waals surface area contributed by atoms with Crippen LogP contribution in [0.2, 0.25) is 0 Å². The largest absolute Gasteiger partial charge is 0.378 e. The van der Waals surface area contributed by atoms with Crippen LogP contribution in [0.5, 0.6) is 0 Å². The zero-order valence-electron chi connectivity index (χ0n) is 9.20. The molecule has 1 heterocycles. The second-order valence-corrected chi connectivity index (χ2v) is 5.34. The number of halogens is 1. The molecule has 0 spiro atoms. The molecular weight excluding hydrogens is 298 g/mol. The molecule has 1 aromatic heterocycles. The summed E-state index contributed by atoms with van der Waals surface area (Å²) >= 11 is 5.08. The van der Waals surface area contributed by atoms with E-state index in [1.165, 1.54) is 0 Å². The van der Waals surface area contributed by atoms with Crippen LogP contribution < -0.4 is 5.32 Å². The number of rotatable bonds is 3. The van der Waals surface area contributed by atoms with Crippen LogP contribution in [0.3, 0.4) is 0 Å². The predicted octanol–water partition coefficient (Wildman–Crippen LogP) is 3.70. The van der Waals surface area contributed by atoms with Crippen molar-refractivity contribution in [3.8, 4) is 6.07 Å². The van der Waals surface area contributed by atoms with Crippen molar-refractivity contribution in [2.45, 2.75) is 13.5 Å². The number of nitrogens with zero attached hydrogens (tertiary/aromatic N) is 2. The molecule has 0 radical (unpaired) electrons. The maximum Gasteiger partial charge on any atom is 0.112 e. The van der Waals surface area contributed by atoms with Crippen LogP contribution in [-0.4, -0.2) is 4.98 Å². The Morgan fingerprint density at radius 2 is 2.35 bits per heavy atom. The SMILES string of the molecule is Cc1csc(CNc2ccc(C#N)cc2Br)n1. The van der Waals surface area contributed by atoms with E-state index in [2.05, 4.69) is 32.3 Å². The van der Waals surface area contributed by atoms with Gasteiger partial charge in [0.05, 0.1) is 18.2 Å². The van der Waals surface area contributed by atoms with E-state index in [0.717, 1.165) is 20.9 Å². The fourth-order valence-electron chi connectivity index (χ4n) is 1.38. The molecule has 1 N–H and O–H groups in total. The predicted molar refractivity (Wildman–Crippen MR) is 73.0 cm³/mol. The minimum Gasteiger partial charge on any atom is -0.378 e. The Labute approximate surface area is 112 Å². The molecule has 86 valence electrons. The third-order valence-corrected chi connectivity index (χ3v) is 3.82. The molecule has 3 nitrogen and oxygen atoms in total. The third kappa shape index (κ3) is 3.05. The number of benzene rings is 1. The van der Waals surface area contributed by atoms with Gasteiger partial charge in [-0.15, -0.1) is 11.3 Å². The number of aryl methyl sites for hydroxylation is 1. The molecule has 0 atom stereocenters. The lowest BCUT2D eigenvalue weighted by Crippen LogP contribution is -1.99. The van der Waals surface area contributed by atoms with E-state index in [-0.39, 0.29) is 0 Å². The fraction of sp³-hybridized carbons (Fsp3) is 0.167. The number of thiazole rings is 1. The van der Waals surface area contributed by atoms with Crippen LogP contribution in [0.1, 0.15) is 16.3 Å². The first-order valence-corrected chi connectivity index (χ1v) is 6.71. The van der Waals surface area contributed by atoms with Gasteiger partial charge < -0.3 is 5.32 Å². The Morgan fingerprint density at radius 3 is 2.94 bits per heavy atom. The Morgan fingerprint density at radius 1 is 1.53 bits per heavy atom. The molecule has 2 aromatic rings. The highest BCUT2D eigenvalue weighted by Crippen LogP contribution is 2.24. The van der Waals surface area contributed by atoms with E-state index in [0.29, 0.717) is 12.1 Å². The molecule has 0 saturated carbocycles. The molecule has 1 aromatic carbocycles. The molecule has 0 amide bonds. The quantitative estimate of drug-likeness (QED) is 0.940. The molecule has 17 heavy (non-hydrogen) atoms. The lowest BCUT2D eigenvalue weighted by atomic mass is 10.2. The third-order valence-electron chi connectivity index (χ3n) is 2.19. The summed E-state index contributed by atoms with van der Waals surface area (Å²) in [7, 11) is 0. The van der Waals surface area contributed by atoms with Crippen LogP contribution >= 0.6 is 27.3 Å². The molecule has 0 saturated heterocycles. The van der Waals surface area contributed by atoms with Crippen molar-refractivity contribution in [3.05, 3.63) is 44.3 Å². The maximum absolute atomic E-state index is 8.76. The summed E-state index contributed by atoms with van der Waals surface area (Å²) in [5.41, 5.74) is 2.66. The zero-order chi connectivity index (χ0) is 12.3. The van der Waals surface area contributed by atoms with E-state index >= 15 is 0 Å². The minimum atomic E-state index is 0.646. The van der Waals surface area contributed by atoms with E-state index in [1.807, 2.05) is 18.4 Å². The Hall–Kier alpha value is -1.38. The van der Waals surface area contributed by atoms with Crippen molar-refractivity contribution in [1.29, 1.82) is 5.26 Å². The first-order valence-electron chi connectivity index (χ1n) is 5.03. The summed E-state index contributed by atoms with van der Waals surface area (Å²) in [5, 5.41) is 15.1. The summed E-state index contributed by atoms with van der Waals surface area (Å²) in [6, 6.07) is 7.59. The zero-order valence-corrected chi connectivity index (χ0v) is 11.6. The second kappa shape index (κ2) is 5.30. The van der Waals surface area contributed by atoms with Crippen molar-refractivity contribution in [2.24, 2.45) is 0 Å². The monoisotopic (exact) mass is 307 g/mol. The van der Waals surface area contributed by atoms with Gasteiger partial charge in [0.2, 0.25) is 0 Å². The number of hydrogen-bond donors (Lipinski definition) is 1. The van der Waals surface area contributed by atoms with E-state index in [4.69, 9.17) is 5.26 Å². The second-order valence-electron chi connectivity index (χ2n) is 3.54. The van der Waals surface area contributed by atoms with Crippen LogP contribution in [0.25, 0.3) is 0 Å². The summed E-state index contributed by atoms with van der Waals surface area (Å²) in [6.45, 7) is 2.68. The van der Waals surface area contributed by atoms with Crippen molar-refractivity contribution >= 4 is 33.0 Å². The van der Waals surface area contributed by atoms with Crippen LogP contribution in [0.15, 0.2) is 28.1 Å². The first kappa shape index (κ1) is 12.1. The number of anilines is 1. The average molecular weight is 308 g/mol. The minimum absolute atomic E-state index is 0.646. The number of nitriles is 1. The van der Waals surface area contributed by atoms with Gasteiger partial charge in [-0.3, -0.25) is 0 Å².